The summed E-state index contributed by atoms with van der Waals surface area (Å²) in [6, 6.07) is 10.8. The summed E-state index contributed by atoms with van der Waals surface area (Å²) in [6.45, 7) is 3.08. The second-order valence-corrected chi connectivity index (χ2v) is 6.88. The molecule has 0 bridgehead atoms. The Balaban J connectivity index is 1.82. The van der Waals surface area contributed by atoms with Gasteiger partial charge >= 0.3 is 0 Å². The molecule has 1 aliphatic rings. The smallest absolute Gasteiger partial charge is 0.134 e. The van der Waals surface area contributed by atoms with Gasteiger partial charge in [-0.3, -0.25) is 0 Å². The molecule has 2 heterocycles. The molecule has 1 aliphatic heterocycles. The van der Waals surface area contributed by atoms with Crippen LogP contribution >= 0.6 is 11.3 Å². The van der Waals surface area contributed by atoms with Crippen LogP contribution < -0.4 is 10.1 Å². The van der Waals surface area contributed by atoms with Gasteiger partial charge in [-0.1, -0.05) is 18.2 Å². The molecule has 0 saturated carbocycles. The molecule has 22 heavy (non-hydrogen) atoms. The zero-order chi connectivity index (χ0) is 15.4. The third-order valence-electron chi connectivity index (χ3n) is 4.20. The van der Waals surface area contributed by atoms with Crippen LogP contribution in [0.4, 0.5) is 0 Å². The first-order valence-corrected chi connectivity index (χ1v) is 8.80. The minimum atomic E-state index is 0.138. The highest BCUT2D eigenvalue weighted by Crippen LogP contribution is 2.33. The van der Waals surface area contributed by atoms with Gasteiger partial charge in [0.1, 0.15) is 11.9 Å². The number of rotatable bonds is 6. The van der Waals surface area contributed by atoms with E-state index in [9.17, 15) is 0 Å². The Morgan fingerprint density at radius 1 is 1.32 bits per heavy atom. The van der Waals surface area contributed by atoms with Crippen LogP contribution in [-0.4, -0.2) is 32.1 Å². The molecule has 0 saturated heterocycles. The molecule has 1 atom stereocenters. The van der Waals surface area contributed by atoms with E-state index in [0.29, 0.717) is 0 Å². The zero-order valence-electron chi connectivity index (χ0n) is 13.3. The van der Waals surface area contributed by atoms with Crippen molar-refractivity contribution in [1.82, 2.24) is 10.2 Å². The SMILES string of the molecule is CNCC[C@@H](Oc1cccc2c1CCN(C)C2)c1cccs1. The number of hydrogen-bond donors (Lipinski definition) is 1. The van der Waals surface area contributed by atoms with Gasteiger partial charge in [0.05, 0.1) is 0 Å². The fraction of sp³-hybridized carbons (Fsp3) is 0.444. The van der Waals surface area contributed by atoms with Crippen LogP contribution in [0.3, 0.4) is 0 Å². The van der Waals surface area contributed by atoms with Crippen molar-refractivity contribution in [3.8, 4) is 5.75 Å². The Bertz CT molecular complexity index is 597. The highest BCUT2D eigenvalue weighted by molar-refractivity contribution is 7.10. The fourth-order valence-corrected chi connectivity index (χ4v) is 3.78. The van der Waals surface area contributed by atoms with Crippen LogP contribution in [0, 0.1) is 0 Å². The molecule has 0 amide bonds. The van der Waals surface area contributed by atoms with Crippen LogP contribution in [-0.2, 0) is 13.0 Å². The summed E-state index contributed by atoms with van der Waals surface area (Å²) < 4.78 is 6.45. The van der Waals surface area contributed by atoms with Crippen LogP contribution in [0.2, 0.25) is 0 Å². The Morgan fingerprint density at radius 3 is 3.00 bits per heavy atom. The zero-order valence-corrected chi connectivity index (χ0v) is 14.2. The van der Waals surface area contributed by atoms with E-state index in [1.807, 2.05) is 7.05 Å². The van der Waals surface area contributed by atoms with E-state index in [2.05, 4.69) is 53.0 Å². The van der Waals surface area contributed by atoms with Gasteiger partial charge in [0.2, 0.25) is 0 Å². The molecule has 0 radical (unpaired) electrons. The molecule has 3 rings (SSSR count). The summed E-state index contributed by atoms with van der Waals surface area (Å²) in [5.74, 6) is 1.07. The van der Waals surface area contributed by atoms with Crippen molar-refractivity contribution in [2.75, 3.05) is 27.2 Å². The number of nitrogens with zero attached hydrogens (tertiary/aromatic N) is 1. The molecule has 0 spiro atoms. The maximum Gasteiger partial charge on any atom is 0.134 e. The van der Waals surface area contributed by atoms with E-state index < -0.39 is 0 Å². The molecular formula is C18H24N2OS. The predicted molar refractivity (Wildman–Crippen MR) is 92.7 cm³/mol. The molecule has 1 N–H and O–H groups in total. The van der Waals surface area contributed by atoms with Gasteiger partial charge in [-0.25, -0.2) is 0 Å². The van der Waals surface area contributed by atoms with E-state index >= 15 is 0 Å². The topological polar surface area (TPSA) is 24.5 Å². The normalized spacial score (nSPS) is 16.3. The van der Waals surface area contributed by atoms with Gasteiger partial charge in [-0.05, 0) is 55.7 Å². The minimum Gasteiger partial charge on any atom is -0.485 e. The average Bonchev–Trinajstić information content (AvgIpc) is 3.05. The monoisotopic (exact) mass is 316 g/mol. The predicted octanol–water partition coefficient (Wildman–Crippen LogP) is 3.47. The van der Waals surface area contributed by atoms with Gasteiger partial charge in [-0.2, -0.15) is 0 Å². The summed E-state index contributed by atoms with van der Waals surface area (Å²) in [6.07, 6.45) is 2.20. The Hall–Kier alpha value is -1.36. The van der Waals surface area contributed by atoms with Gasteiger partial charge in [-0.15, -0.1) is 11.3 Å². The highest BCUT2D eigenvalue weighted by Gasteiger charge is 2.20. The maximum atomic E-state index is 6.45. The number of likely N-dealkylation sites (N-methyl/N-ethyl adjacent to an activating group) is 1. The number of hydrogen-bond acceptors (Lipinski definition) is 4. The Kier molecular flexibility index (Phi) is 5.13. The van der Waals surface area contributed by atoms with Crippen molar-refractivity contribution in [2.45, 2.75) is 25.5 Å². The molecule has 4 heteroatoms. The summed E-state index contributed by atoms with van der Waals surface area (Å²) in [5.41, 5.74) is 2.80. The van der Waals surface area contributed by atoms with Crippen molar-refractivity contribution in [3.05, 3.63) is 51.7 Å². The lowest BCUT2D eigenvalue weighted by atomic mass is 9.99. The third kappa shape index (κ3) is 3.51. The Labute approximate surface area is 136 Å². The first-order valence-electron chi connectivity index (χ1n) is 7.92. The molecule has 0 fully saturated rings. The van der Waals surface area contributed by atoms with Crippen molar-refractivity contribution < 1.29 is 4.74 Å². The number of fused-ring (bicyclic) bond motifs is 1. The largest absolute Gasteiger partial charge is 0.485 e. The molecule has 3 nitrogen and oxygen atoms in total. The maximum absolute atomic E-state index is 6.45. The standard InChI is InChI=1S/C18H24N2OS/c1-19-10-8-17(18-7-4-12-22-18)21-16-6-3-5-14-13-20(2)11-9-15(14)16/h3-7,12,17,19H,8-11,13H2,1-2H3/t17-/m1/s1. The van der Waals surface area contributed by atoms with E-state index in [4.69, 9.17) is 4.74 Å². The molecule has 1 aromatic carbocycles. The first-order chi connectivity index (χ1) is 10.8. The number of nitrogens with one attached hydrogen (secondary N) is 1. The number of ether oxygens (including phenoxy) is 1. The molecule has 1 aromatic heterocycles. The van der Waals surface area contributed by atoms with Crippen molar-refractivity contribution >= 4 is 11.3 Å². The quantitative estimate of drug-likeness (QED) is 0.883. The lowest BCUT2D eigenvalue weighted by Crippen LogP contribution is -2.27. The third-order valence-corrected chi connectivity index (χ3v) is 5.16. The van der Waals surface area contributed by atoms with Crippen molar-refractivity contribution in [3.63, 3.8) is 0 Å². The summed E-state index contributed by atoms with van der Waals surface area (Å²) >= 11 is 1.78. The molecular weight excluding hydrogens is 292 g/mol. The van der Waals surface area contributed by atoms with E-state index in [0.717, 1.165) is 38.2 Å². The van der Waals surface area contributed by atoms with Crippen LogP contribution in [0.5, 0.6) is 5.75 Å². The van der Waals surface area contributed by atoms with E-state index in [-0.39, 0.29) is 6.10 Å². The van der Waals surface area contributed by atoms with Crippen LogP contribution in [0.1, 0.15) is 28.5 Å². The van der Waals surface area contributed by atoms with Gasteiger partial charge < -0.3 is 15.0 Å². The second-order valence-electron chi connectivity index (χ2n) is 5.90. The molecule has 118 valence electrons. The van der Waals surface area contributed by atoms with Crippen LogP contribution in [0.15, 0.2) is 35.7 Å². The summed E-state index contributed by atoms with van der Waals surface area (Å²) in [4.78, 5) is 3.67. The molecule has 0 unspecified atom stereocenters. The van der Waals surface area contributed by atoms with Gasteiger partial charge in [0, 0.05) is 24.4 Å². The first kappa shape index (κ1) is 15.5. The van der Waals surface area contributed by atoms with Gasteiger partial charge in [0.25, 0.3) is 0 Å². The lowest BCUT2D eigenvalue weighted by Gasteiger charge is -2.28. The molecule has 0 aliphatic carbocycles. The van der Waals surface area contributed by atoms with Crippen molar-refractivity contribution in [1.29, 1.82) is 0 Å². The lowest BCUT2D eigenvalue weighted by molar-refractivity contribution is 0.194. The summed E-state index contributed by atoms with van der Waals surface area (Å²) in [5, 5.41) is 5.36. The molecule has 2 aromatic rings. The summed E-state index contributed by atoms with van der Waals surface area (Å²) in [7, 11) is 4.17. The Morgan fingerprint density at radius 2 is 2.23 bits per heavy atom. The second kappa shape index (κ2) is 7.27. The highest BCUT2D eigenvalue weighted by atomic mass is 32.1. The van der Waals surface area contributed by atoms with Crippen LogP contribution in [0.25, 0.3) is 0 Å². The minimum absolute atomic E-state index is 0.138. The fourth-order valence-electron chi connectivity index (χ4n) is 2.99. The van der Waals surface area contributed by atoms with E-state index in [1.54, 1.807) is 11.3 Å². The average molecular weight is 316 g/mol. The van der Waals surface area contributed by atoms with Crippen molar-refractivity contribution in [2.24, 2.45) is 0 Å². The number of benzene rings is 1. The van der Waals surface area contributed by atoms with E-state index in [1.165, 1.54) is 16.0 Å². The van der Waals surface area contributed by atoms with Gasteiger partial charge in [0.15, 0.2) is 0 Å². The number of thiophene rings is 1.